The van der Waals surface area contributed by atoms with Gasteiger partial charge in [-0.1, -0.05) is 23.2 Å². The smallest absolute Gasteiger partial charge is 0.0963 e. The summed E-state index contributed by atoms with van der Waals surface area (Å²) < 4.78 is 0. The van der Waals surface area contributed by atoms with E-state index in [1.165, 1.54) is 0 Å². The van der Waals surface area contributed by atoms with E-state index < -0.39 is 6.10 Å². The zero-order valence-corrected chi connectivity index (χ0v) is 11.9. The number of halogens is 2. The van der Waals surface area contributed by atoms with Gasteiger partial charge in [0.25, 0.3) is 0 Å². The molecule has 0 amide bonds. The summed E-state index contributed by atoms with van der Waals surface area (Å²) in [5.74, 6) is 0. The quantitative estimate of drug-likeness (QED) is 0.901. The lowest BCUT2D eigenvalue weighted by Crippen LogP contribution is -2.12. The number of hydrogen-bond acceptors (Lipinski definition) is 3. The fraction of sp³-hybridized carbons (Fsp3) is 0.214. The van der Waals surface area contributed by atoms with Gasteiger partial charge >= 0.3 is 0 Å². The Labute approximate surface area is 122 Å². The van der Waals surface area contributed by atoms with Crippen molar-refractivity contribution in [2.75, 3.05) is 11.9 Å². The van der Waals surface area contributed by atoms with E-state index in [1.54, 1.807) is 24.4 Å². The van der Waals surface area contributed by atoms with E-state index in [0.717, 1.165) is 11.4 Å². The number of pyridine rings is 1. The predicted molar refractivity (Wildman–Crippen MR) is 78.9 cm³/mol. The Kier molecular flexibility index (Phi) is 4.64. The number of anilines is 1. The average molecular weight is 297 g/mol. The zero-order valence-electron chi connectivity index (χ0n) is 10.4. The van der Waals surface area contributed by atoms with Crippen LogP contribution in [0.5, 0.6) is 0 Å². The highest BCUT2D eigenvalue weighted by Gasteiger charge is 2.09. The molecule has 3 nitrogen and oxygen atoms in total. The second-order valence-corrected chi connectivity index (χ2v) is 5.16. The van der Waals surface area contributed by atoms with Crippen LogP contribution in [0.15, 0.2) is 36.5 Å². The summed E-state index contributed by atoms with van der Waals surface area (Å²) in [5.41, 5.74) is 2.53. The molecule has 0 saturated carbocycles. The second-order valence-electron chi connectivity index (χ2n) is 4.29. The molecule has 0 aliphatic rings. The SMILES string of the molecule is Cc1cc(NCC(O)c2cc(Cl)cc(Cl)c2)ccn1. The average Bonchev–Trinajstić information content (AvgIpc) is 2.35. The first-order chi connectivity index (χ1) is 9.04. The van der Waals surface area contributed by atoms with Crippen molar-refractivity contribution in [2.24, 2.45) is 0 Å². The third kappa shape index (κ3) is 4.10. The maximum absolute atomic E-state index is 10.1. The van der Waals surface area contributed by atoms with Crippen molar-refractivity contribution >= 4 is 28.9 Å². The maximum atomic E-state index is 10.1. The molecule has 0 fully saturated rings. The summed E-state index contributed by atoms with van der Waals surface area (Å²) in [6.45, 7) is 2.29. The van der Waals surface area contributed by atoms with Crippen molar-refractivity contribution in [1.82, 2.24) is 4.98 Å². The van der Waals surface area contributed by atoms with E-state index in [2.05, 4.69) is 10.3 Å². The first-order valence-corrected chi connectivity index (χ1v) is 6.61. The van der Waals surface area contributed by atoms with Crippen LogP contribution >= 0.6 is 23.2 Å². The van der Waals surface area contributed by atoms with E-state index >= 15 is 0 Å². The van der Waals surface area contributed by atoms with Crippen molar-refractivity contribution in [1.29, 1.82) is 0 Å². The van der Waals surface area contributed by atoms with E-state index in [0.29, 0.717) is 22.2 Å². The molecule has 5 heteroatoms. The molecule has 1 atom stereocenters. The molecule has 2 N–H and O–H groups in total. The lowest BCUT2D eigenvalue weighted by Gasteiger charge is -2.14. The summed E-state index contributed by atoms with van der Waals surface area (Å²) in [5, 5.41) is 14.3. The van der Waals surface area contributed by atoms with Gasteiger partial charge in [0, 0.05) is 34.2 Å². The molecule has 0 aliphatic carbocycles. The van der Waals surface area contributed by atoms with Crippen LogP contribution < -0.4 is 5.32 Å². The van der Waals surface area contributed by atoms with Crippen LogP contribution in [0, 0.1) is 6.92 Å². The highest BCUT2D eigenvalue weighted by atomic mass is 35.5. The van der Waals surface area contributed by atoms with Crippen molar-refractivity contribution in [3.63, 3.8) is 0 Å². The van der Waals surface area contributed by atoms with Crippen LogP contribution in [0.3, 0.4) is 0 Å². The van der Waals surface area contributed by atoms with Crippen LogP contribution in [0.2, 0.25) is 10.0 Å². The molecule has 1 heterocycles. The predicted octanol–water partition coefficient (Wildman–Crippen LogP) is 3.84. The molecule has 0 bridgehead atoms. The fourth-order valence-electron chi connectivity index (χ4n) is 1.76. The van der Waals surface area contributed by atoms with E-state index in [1.807, 2.05) is 19.1 Å². The summed E-state index contributed by atoms with van der Waals surface area (Å²) in [6.07, 6.45) is 1.05. The Hall–Kier alpha value is -1.29. The van der Waals surface area contributed by atoms with Crippen LogP contribution in [-0.2, 0) is 0 Å². The van der Waals surface area contributed by atoms with Crippen molar-refractivity contribution in [3.05, 3.63) is 57.8 Å². The molecule has 0 radical (unpaired) electrons. The summed E-state index contributed by atoms with van der Waals surface area (Å²) in [7, 11) is 0. The van der Waals surface area contributed by atoms with Crippen molar-refractivity contribution in [2.45, 2.75) is 13.0 Å². The number of aliphatic hydroxyl groups excluding tert-OH is 1. The molecule has 2 aromatic rings. The largest absolute Gasteiger partial charge is 0.387 e. The van der Waals surface area contributed by atoms with Crippen LogP contribution in [0.4, 0.5) is 5.69 Å². The number of rotatable bonds is 4. The molecule has 0 aliphatic heterocycles. The van der Waals surface area contributed by atoms with Crippen molar-refractivity contribution in [3.8, 4) is 0 Å². The van der Waals surface area contributed by atoms with E-state index in [-0.39, 0.29) is 0 Å². The highest BCUT2D eigenvalue weighted by Crippen LogP contribution is 2.23. The molecule has 0 saturated heterocycles. The minimum Gasteiger partial charge on any atom is -0.387 e. The number of hydrogen-bond donors (Lipinski definition) is 2. The maximum Gasteiger partial charge on any atom is 0.0963 e. The first kappa shape index (κ1) is 14.1. The van der Waals surface area contributed by atoms with Gasteiger partial charge in [-0.05, 0) is 42.8 Å². The van der Waals surface area contributed by atoms with Crippen LogP contribution in [0.25, 0.3) is 0 Å². The van der Waals surface area contributed by atoms with Crippen molar-refractivity contribution < 1.29 is 5.11 Å². The first-order valence-electron chi connectivity index (χ1n) is 5.85. The standard InChI is InChI=1S/C14H14Cl2N2O/c1-9-4-13(2-3-17-9)18-8-14(19)10-5-11(15)7-12(16)6-10/h2-7,14,19H,8H2,1H3,(H,17,18). The number of benzene rings is 1. The Morgan fingerprint density at radius 2 is 1.89 bits per heavy atom. The lowest BCUT2D eigenvalue weighted by molar-refractivity contribution is 0.191. The van der Waals surface area contributed by atoms with Crippen LogP contribution in [0.1, 0.15) is 17.4 Å². The Morgan fingerprint density at radius 3 is 2.53 bits per heavy atom. The molecule has 1 aromatic heterocycles. The monoisotopic (exact) mass is 296 g/mol. The number of nitrogens with one attached hydrogen (secondary N) is 1. The van der Waals surface area contributed by atoms with E-state index in [9.17, 15) is 5.11 Å². The van der Waals surface area contributed by atoms with Gasteiger partial charge in [0.15, 0.2) is 0 Å². The Balaban J connectivity index is 2.03. The number of nitrogens with zero attached hydrogens (tertiary/aromatic N) is 1. The second kappa shape index (κ2) is 6.24. The summed E-state index contributed by atoms with van der Waals surface area (Å²) in [6, 6.07) is 8.82. The number of aromatic nitrogens is 1. The van der Waals surface area contributed by atoms with Gasteiger partial charge in [-0.3, -0.25) is 4.98 Å². The minimum absolute atomic E-state index is 0.375. The molecule has 19 heavy (non-hydrogen) atoms. The molecule has 2 rings (SSSR count). The van der Waals surface area contributed by atoms with E-state index in [4.69, 9.17) is 23.2 Å². The van der Waals surface area contributed by atoms with Gasteiger partial charge in [-0.25, -0.2) is 0 Å². The highest BCUT2D eigenvalue weighted by molar-refractivity contribution is 6.34. The van der Waals surface area contributed by atoms with Gasteiger partial charge in [0.2, 0.25) is 0 Å². The van der Waals surface area contributed by atoms with Crippen LogP contribution in [-0.4, -0.2) is 16.6 Å². The topological polar surface area (TPSA) is 45.1 Å². The summed E-state index contributed by atoms with van der Waals surface area (Å²) in [4.78, 5) is 4.11. The molecule has 1 unspecified atom stereocenters. The Morgan fingerprint density at radius 1 is 1.21 bits per heavy atom. The van der Waals surface area contributed by atoms with Gasteiger partial charge in [-0.2, -0.15) is 0 Å². The molecule has 1 aromatic carbocycles. The normalized spacial score (nSPS) is 12.2. The Bertz CT molecular complexity index is 555. The van der Waals surface area contributed by atoms with Gasteiger partial charge < -0.3 is 10.4 Å². The van der Waals surface area contributed by atoms with Gasteiger partial charge in [-0.15, -0.1) is 0 Å². The molecule has 100 valence electrons. The van der Waals surface area contributed by atoms with Gasteiger partial charge in [0.1, 0.15) is 0 Å². The number of aryl methyl sites for hydroxylation is 1. The molecular weight excluding hydrogens is 283 g/mol. The summed E-state index contributed by atoms with van der Waals surface area (Å²) >= 11 is 11.8. The third-order valence-electron chi connectivity index (χ3n) is 2.67. The zero-order chi connectivity index (χ0) is 13.8. The van der Waals surface area contributed by atoms with Gasteiger partial charge in [0.05, 0.1) is 6.10 Å². The fourth-order valence-corrected chi connectivity index (χ4v) is 2.30. The molecular formula is C14H14Cl2N2O. The number of aliphatic hydroxyl groups is 1. The minimum atomic E-state index is -0.676. The third-order valence-corrected chi connectivity index (χ3v) is 3.10. The lowest BCUT2D eigenvalue weighted by atomic mass is 10.1. The molecule has 0 spiro atoms.